The third-order valence-corrected chi connectivity index (χ3v) is 4.21. The zero-order chi connectivity index (χ0) is 21.0. The van der Waals surface area contributed by atoms with Crippen molar-refractivity contribution in [1.29, 1.82) is 0 Å². The lowest BCUT2D eigenvalue weighted by molar-refractivity contribution is -0.384. The number of rotatable bonds is 5. The lowest BCUT2D eigenvalue weighted by Crippen LogP contribution is -2.18. The number of nitro groups is 1. The van der Waals surface area contributed by atoms with Crippen molar-refractivity contribution < 1.29 is 19.6 Å². The van der Waals surface area contributed by atoms with E-state index in [1.54, 1.807) is 36.4 Å². The van der Waals surface area contributed by atoms with Gasteiger partial charge in [-0.15, -0.1) is 0 Å². The Kier molecular flexibility index (Phi) is 5.75. The number of amides is 2. The molecule has 8 nitrogen and oxygen atoms in total. The highest BCUT2D eigenvalue weighted by Gasteiger charge is 2.19. The third-order valence-electron chi connectivity index (χ3n) is 3.96. The lowest BCUT2D eigenvalue weighted by atomic mass is 10.1. The molecular weight excluding hydrogens is 398 g/mol. The Bertz CT molecular complexity index is 1100. The zero-order valence-corrected chi connectivity index (χ0v) is 15.5. The predicted molar refractivity (Wildman–Crippen MR) is 109 cm³/mol. The first kappa shape index (κ1) is 19.8. The lowest BCUT2D eigenvalue weighted by Gasteiger charge is -2.12. The summed E-state index contributed by atoms with van der Waals surface area (Å²) in [4.78, 5) is 35.4. The Labute approximate surface area is 169 Å². The van der Waals surface area contributed by atoms with Crippen LogP contribution in [0.25, 0.3) is 0 Å². The summed E-state index contributed by atoms with van der Waals surface area (Å²) < 4.78 is 0. The zero-order valence-electron chi connectivity index (χ0n) is 14.8. The number of non-ortho nitro benzene ring substituents is 1. The van der Waals surface area contributed by atoms with Gasteiger partial charge in [-0.1, -0.05) is 23.7 Å². The van der Waals surface area contributed by atoms with Crippen LogP contribution in [0.1, 0.15) is 20.7 Å². The van der Waals surface area contributed by atoms with E-state index in [0.29, 0.717) is 10.7 Å². The van der Waals surface area contributed by atoms with Crippen LogP contribution in [-0.2, 0) is 0 Å². The number of nitro benzene ring substituents is 1. The molecule has 29 heavy (non-hydrogen) atoms. The minimum atomic E-state index is -0.794. The Hall–Kier alpha value is -3.91. The molecule has 0 unspecified atom stereocenters. The largest absolute Gasteiger partial charge is 0.507 e. The maximum absolute atomic E-state index is 12.6. The van der Waals surface area contributed by atoms with Crippen molar-refractivity contribution in [1.82, 2.24) is 0 Å². The van der Waals surface area contributed by atoms with Gasteiger partial charge in [-0.25, -0.2) is 0 Å². The number of aromatic hydroxyl groups is 1. The van der Waals surface area contributed by atoms with Crippen LogP contribution in [-0.4, -0.2) is 21.8 Å². The minimum absolute atomic E-state index is 0.167. The van der Waals surface area contributed by atoms with Gasteiger partial charge < -0.3 is 15.7 Å². The fourth-order valence-corrected chi connectivity index (χ4v) is 2.66. The second-order valence-electron chi connectivity index (χ2n) is 5.92. The van der Waals surface area contributed by atoms with Gasteiger partial charge in [0.15, 0.2) is 0 Å². The summed E-state index contributed by atoms with van der Waals surface area (Å²) in [6, 6.07) is 15.8. The number of phenolic OH excluding ortho intramolecular Hbond substituents is 1. The second-order valence-corrected chi connectivity index (χ2v) is 6.36. The highest BCUT2D eigenvalue weighted by atomic mass is 35.5. The normalized spacial score (nSPS) is 10.2. The van der Waals surface area contributed by atoms with Crippen molar-refractivity contribution in [2.45, 2.75) is 0 Å². The van der Waals surface area contributed by atoms with E-state index in [9.17, 15) is 24.8 Å². The number of anilines is 2. The summed E-state index contributed by atoms with van der Waals surface area (Å²) in [6.07, 6.45) is 0. The maximum atomic E-state index is 12.6. The smallest absolute Gasteiger partial charge is 0.270 e. The Balaban J connectivity index is 1.84. The first-order valence-electron chi connectivity index (χ1n) is 8.30. The molecule has 0 spiro atoms. The molecule has 3 aromatic carbocycles. The monoisotopic (exact) mass is 411 g/mol. The van der Waals surface area contributed by atoms with E-state index < -0.39 is 22.5 Å². The number of benzene rings is 3. The molecule has 9 heteroatoms. The second kappa shape index (κ2) is 8.41. The van der Waals surface area contributed by atoms with Gasteiger partial charge >= 0.3 is 0 Å². The van der Waals surface area contributed by atoms with Crippen molar-refractivity contribution in [3.8, 4) is 5.75 Å². The number of halogens is 1. The van der Waals surface area contributed by atoms with E-state index in [1.807, 2.05) is 0 Å². The number of para-hydroxylation sites is 1. The molecular formula is C20H14ClN3O5. The molecule has 0 saturated carbocycles. The van der Waals surface area contributed by atoms with Crippen LogP contribution in [0.2, 0.25) is 5.02 Å². The average Bonchev–Trinajstić information content (AvgIpc) is 2.70. The van der Waals surface area contributed by atoms with Crippen LogP contribution in [0, 0.1) is 10.1 Å². The molecule has 0 heterocycles. The summed E-state index contributed by atoms with van der Waals surface area (Å²) in [7, 11) is 0. The number of nitrogens with one attached hydrogen (secondary N) is 2. The van der Waals surface area contributed by atoms with Crippen molar-refractivity contribution in [2.75, 3.05) is 10.6 Å². The highest BCUT2D eigenvalue weighted by Crippen LogP contribution is 2.25. The first-order chi connectivity index (χ1) is 13.8. The summed E-state index contributed by atoms with van der Waals surface area (Å²) in [5.41, 5.74) is 0.223. The molecule has 0 saturated heterocycles. The number of hydrogen-bond acceptors (Lipinski definition) is 5. The van der Waals surface area contributed by atoms with Gasteiger partial charge in [-0.2, -0.15) is 0 Å². The molecule has 0 aliphatic carbocycles. The molecule has 146 valence electrons. The number of carbonyl (C=O) groups excluding carboxylic acids is 2. The topological polar surface area (TPSA) is 122 Å². The van der Waals surface area contributed by atoms with E-state index in [2.05, 4.69) is 10.6 Å². The van der Waals surface area contributed by atoms with Gasteiger partial charge in [-0.3, -0.25) is 19.7 Å². The molecule has 0 bridgehead atoms. The maximum Gasteiger partial charge on any atom is 0.270 e. The van der Waals surface area contributed by atoms with Gasteiger partial charge in [0.2, 0.25) is 0 Å². The van der Waals surface area contributed by atoms with Crippen molar-refractivity contribution in [2.24, 2.45) is 0 Å². The van der Waals surface area contributed by atoms with Gasteiger partial charge in [0.1, 0.15) is 5.75 Å². The van der Waals surface area contributed by atoms with Crippen LogP contribution in [0.4, 0.5) is 17.1 Å². The van der Waals surface area contributed by atoms with Crippen LogP contribution >= 0.6 is 11.6 Å². The van der Waals surface area contributed by atoms with Crippen molar-refractivity contribution in [3.05, 3.63) is 93.0 Å². The SMILES string of the molecule is O=C(Nc1ccccc1C(=O)Nc1ccc(Cl)cc1)c1cc([N+](=O)[O-])ccc1O. The number of hydrogen-bond donors (Lipinski definition) is 3. The Morgan fingerprint density at radius 2 is 1.55 bits per heavy atom. The molecule has 0 radical (unpaired) electrons. The minimum Gasteiger partial charge on any atom is -0.507 e. The van der Waals surface area contributed by atoms with Crippen molar-refractivity contribution in [3.63, 3.8) is 0 Å². The van der Waals surface area contributed by atoms with Gasteiger partial charge in [0, 0.05) is 22.8 Å². The summed E-state index contributed by atoms with van der Waals surface area (Å²) in [6.45, 7) is 0. The van der Waals surface area contributed by atoms with E-state index in [-0.39, 0.29) is 22.5 Å². The third kappa shape index (κ3) is 4.69. The fraction of sp³-hybridized carbons (Fsp3) is 0. The van der Waals surface area contributed by atoms with Crippen molar-refractivity contribution >= 4 is 40.5 Å². The standard InChI is InChI=1S/C20H14ClN3O5/c21-12-5-7-13(8-6-12)22-19(26)15-3-1-2-4-17(15)23-20(27)16-11-14(24(28)29)9-10-18(16)25/h1-11,25H,(H,22,26)(H,23,27). The molecule has 0 fully saturated rings. The molecule has 3 rings (SSSR count). The van der Waals surface area contributed by atoms with Gasteiger partial charge in [-0.05, 0) is 42.5 Å². The molecule has 3 N–H and O–H groups in total. The van der Waals surface area contributed by atoms with Gasteiger partial charge in [0.05, 0.1) is 21.7 Å². The number of carbonyl (C=O) groups is 2. The Morgan fingerprint density at radius 3 is 2.24 bits per heavy atom. The molecule has 2 amide bonds. The highest BCUT2D eigenvalue weighted by molar-refractivity contribution is 6.30. The van der Waals surface area contributed by atoms with Crippen LogP contribution in [0.3, 0.4) is 0 Å². The summed E-state index contributed by atoms with van der Waals surface area (Å²) in [5, 5.41) is 26.5. The molecule has 0 aromatic heterocycles. The molecule has 0 aliphatic rings. The molecule has 0 aliphatic heterocycles. The fourth-order valence-electron chi connectivity index (χ4n) is 2.53. The average molecular weight is 412 g/mol. The van der Waals surface area contributed by atoms with Gasteiger partial charge in [0.25, 0.3) is 17.5 Å². The number of nitrogens with zero attached hydrogens (tertiary/aromatic N) is 1. The Morgan fingerprint density at radius 1 is 0.897 bits per heavy atom. The van der Waals surface area contributed by atoms with Crippen LogP contribution in [0.5, 0.6) is 5.75 Å². The van der Waals surface area contributed by atoms with E-state index >= 15 is 0 Å². The number of phenols is 1. The molecule has 3 aromatic rings. The van der Waals surface area contributed by atoms with E-state index in [0.717, 1.165) is 18.2 Å². The first-order valence-corrected chi connectivity index (χ1v) is 8.67. The van der Waals surface area contributed by atoms with E-state index in [1.165, 1.54) is 12.1 Å². The van der Waals surface area contributed by atoms with E-state index in [4.69, 9.17) is 11.6 Å². The quantitative estimate of drug-likeness (QED) is 0.422. The van der Waals surface area contributed by atoms with Crippen LogP contribution < -0.4 is 10.6 Å². The predicted octanol–water partition coefficient (Wildman–Crippen LogP) is 4.46. The summed E-state index contributed by atoms with van der Waals surface area (Å²) in [5.74, 6) is -1.69. The molecule has 0 atom stereocenters. The van der Waals surface area contributed by atoms with Crippen LogP contribution in [0.15, 0.2) is 66.7 Å². The summed E-state index contributed by atoms with van der Waals surface area (Å²) >= 11 is 5.83.